The highest BCUT2D eigenvalue weighted by molar-refractivity contribution is 14.1. The molecule has 0 bridgehead atoms. The number of carbonyl (C=O) groups excluding carboxylic acids is 6. The number of nitrogens with zero attached hydrogens (tertiary/aromatic N) is 1. The van der Waals surface area contributed by atoms with E-state index in [1.165, 1.54) is 0 Å². The van der Waals surface area contributed by atoms with Gasteiger partial charge in [-0.25, -0.2) is 0 Å². The molecule has 0 aromatic heterocycles. The maximum Gasteiger partial charge on any atom is 0.307 e. The van der Waals surface area contributed by atoms with Gasteiger partial charge in [-0.2, -0.15) is 0 Å². The molecule has 1 saturated heterocycles. The molecule has 0 saturated carbocycles. The predicted molar refractivity (Wildman–Crippen MR) is 238 cm³/mol. The Morgan fingerprint density at radius 1 is 0.831 bits per heavy atom. The largest absolute Gasteiger partial charge is 0.450 e. The minimum absolute atomic E-state index is 0.00437. The average molecular weight is 926 g/mol. The first-order valence-electron chi connectivity index (χ1n) is 20.9. The third kappa shape index (κ3) is 17.7. The Kier molecular flexibility index (Phi) is 21.5. The standard InChI is InChI=1S/C47H64IN3O8/c1-7-8-19-43(54)59-47(6,32-48)44(55)41(27-34(4)5)50-46(57)38(28-36-17-13-10-14-18-36)30-42(53)40(26-33(2)3)49-45(56)37(21-20-35-15-11-9-12-16-35)29-39(52)31-51-22-24-58-25-23-51/h1,9-18,33-34,37-38,40-41H,8,19-32H2,2-6H3,(H,49,56)(H,50,57)/t37-,38-,40+,41+,47-/m1/s1. The van der Waals surface area contributed by atoms with Crippen molar-refractivity contribution < 1.29 is 38.2 Å². The average Bonchev–Trinajstić information content (AvgIpc) is 3.21. The molecule has 0 unspecified atom stereocenters. The molecule has 5 atom stereocenters. The van der Waals surface area contributed by atoms with E-state index < -0.39 is 47.2 Å². The number of aryl methyl sites for hydroxylation is 1. The number of esters is 1. The first-order chi connectivity index (χ1) is 28.1. The summed E-state index contributed by atoms with van der Waals surface area (Å²) < 4.78 is 11.3. The van der Waals surface area contributed by atoms with Crippen LogP contribution in [0, 0.1) is 36.0 Å². The topological polar surface area (TPSA) is 148 Å². The molecule has 11 nitrogen and oxygen atoms in total. The number of nitrogens with one attached hydrogen (secondary N) is 2. The van der Waals surface area contributed by atoms with Crippen LogP contribution in [-0.2, 0) is 51.1 Å². The van der Waals surface area contributed by atoms with Crippen molar-refractivity contribution in [2.45, 2.75) is 110 Å². The molecule has 1 heterocycles. The lowest BCUT2D eigenvalue weighted by Gasteiger charge is -2.32. The smallest absolute Gasteiger partial charge is 0.307 e. The quantitative estimate of drug-likeness (QED) is 0.0493. The van der Waals surface area contributed by atoms with Crippen molar-refractivity contribution in [1.82, 2.24) is 15.5 Å². The molecule has 1 aliphatic heterocycles. The number of ketones is 3. The van der Waals surface area contributed by atoms with Crippen LogP contribution in [0.1, 0.15) is 90.7 Å². The van der Waals surface area contributed by atoms with Crippen molar-refractivity contribution in [1.29, 1.82) is 0 Å². The normalized spacial score (nSPS) is 16.2. The first kappa shape index (κ1) is 49.4. The van der Waals surface area contributed by atoms with Gasteiger partial charge >= 0.3 is 5.97 Å². The summed E-state index contributed by atoms with van der Waals surface area (Å²) in [7, 11) is 0. The molecule has 3 rings (SSSR count). The number of hydrogen-bond acceptors (Lipinski definition) is 9. The number of hydrogen-bond donors (Lipinski definition) is 2. The van der Waals surface area contributed by atoms with Crippen LogP contribution in [0.15, 0.2) is 60.7 Å². The number of Topliss-reactive ketones (excluding diaryl/α,β-unsaturated/α-hetero) is 3. The number of halogens is 1. The Balaban J connectivity index is 1.87. The highest BCUT2D eigenvalue weighted by Crippen LogP contribution is 2.24. The summed E-state index contributed by atoms with van der Waals surface area (Å²) in [6.45, 7) is 12.0. The molecule has 2 amide bonds. The van der Waals surface area contributed by atoms with Crippen LogP contribution >= 0.6 is 22.6 Å². The van der Waals surface area contributed by atoms with Gasteiger partial charge < -0.3 is 20.1 Å². The Hall–Kier alpha value is -3.93. The van der Waals surface area contributed by atoms with E-state index in [9.17, 15) is 28.8 Å². The molecular weight excluding hydrogens is 861 g/mol. The number of amides is 2. The zero-order valence-corrected chi connectivity index (χ0v) is 37.7. The van der Waals surface area contributed by atoms with Gasteiger partial charge in [-0.1, -0.05) is 111 Å². The number of morpholine rings is 1. The second-order valence-electron chi connectivity index (χ2n) is 16.7. The van der Waals surface area contributed by atoms with Gasteiger partial charge in [-0.05, 0) is 62.0 Å². The number of carbonyl (C=O) groups is 6. The van der Waals surface area contributed by atoms with Crippen molar-refractivity contribution in [2.75, 3.05) is 37.3 Å². The summed E-state index contributed by atoms with van der Waals surface area (Å²) in [6, 6.07) is 17.2. The van der Waals surface area contributed by atoms with Crippen LogP contribution in [0.2, 0.25) is 0 Å². The number of terminal acetylenes is 1. The number of ether oxygens (including phenoxy) is 2. The third-order valence-electron chi connectivity index (χ3n) is 10.5. The third-order valence-corrected chi connectivity index (χ3v) is 11.9. The zero-order valence-electron chi connectivity index (χ0n) is 35.5. The van der Waals surface area contributed by atoms with Crippen LogP contribution in [-0.4, -0.2) is 95.0 Å². The molecular formula is C47H64IN3O8. The Morgan fingerprint density at radius 2 is 1.39 bits per heavy atom. The van der Waals surface area contributed by atoms with E-state index >= 15 is 0 Å². The molecule has 2 N–H and O–H groups in total. The molecule has 0 radical (unpaired) electrons. The molecule has 0 aliphatic carbocycles. The second kappa shape index (κ2) is 25.6. The molecule has 2 aromatic carbocycles. The van der Waals surface area contributed by atoms with Crippen molar-refractivity contribution in [3.63, 3.8) is 0 Å². The molecule has 1 fully saturated rings. The molecule has 1 aliphatic rings. The van der Waals surface area contributed by atoms with Gasteiger partial charge in [-0.3, -0.25) is 33.7 Å². The molecule has 322 valence electrons. The number of alkyl halides is 1. The maximum atomic E-state index is 14.4. The van der Waals surface area contributed by atoms with Crippen LogP contribution in [0.3, 0.4) is 0 Å². The second-order valence-corrected chi connectivity index (χ2v) is 17.5. The van der Waals surface area contributed by atoms with Crippen molar-refractivity contribution in [3.05, 3.63) is 71.8 Å². The van der Waals surface area contributed by atoms with Crippen molar-refractivity contribution >= 4 is 57.7 Å². The summed E-state index contributed by atoms with van der Waals surface area (Å²) in [6.07, 6.45) is 7.15. The lowest BCUT2D eigenvalue weighted by atomic mass is 9.87. The van der Waals surface area contributed by atoms with E-state index in [2.05, 4.69) is 16.6 Å². The van der Waals surface area contributed by atoms with Gasteiger partial charge in [0.25, 0.3) is 0 Å². The molecule has 2 aromatic rings. The summed E-state index contributed by atoms with van der Waals surface area (Å²) in [5.74, 6) is -1.36. The predicted octanol–water partition coefficient (Wildman–Crippen LogP) is 6.13. The van der Waals surface area contributed by atoms with E-state index in [1.807, 2.05) is 116 Å². The van der Waals surface area contributed by atoms with Gasteiger partial charge in [0.1, 0.15) is 5.78 Å². The lowest BCUT2D eigenvalue weighted by molar-refractivity contribution is -0.164. The van der Waals surface area contributed by atoms with Crippen molar-refractivity contribution in [2.24, 2.45) is 23.7 Å². The Morgan fingerprint density at radius 3 is 1.97 bits per heavy atom. The highest BCUT2D eigenvalue weighted by atomic mass is 127. The number of benzene rings is 2. The Bertz CT molecular complexity index is 1710. The molecule has 0 spiro atoms. The summed E-state index contributed by atoms with van der Waals surface area (Å²) >= 11 is 2.00. The number of rotatable bonds is 26. The van der Waals surface area contributed by atoms with Gasteiger partial charge in [0, 0.05) is 48.6 Å². The van der Waals surface area contributed by atoms with E-state index in [0.29, 0.717) is 45.6 Å². The zero-order chi connectivity index (χ0) is 43.4. The van der Waals surface area contributed by atoms with Gasteiger partial charge in [0.05, 0.1) is 38.3 Å². The van der Waals surface area contributed by atoms with Gasteiger partial charge in [0.2, 0.25) is 11.8 Å². The van der Waals surface area contributed by atoms with E-state index in [1.54, 1.807) is 6.92 Å². The lowest BCUT2D eigenvalue weighted by Crippen LogP contribution is -2.55. The summed E-state index contributed by atoms with van der Waals surface area (Å²) in [5.41, 5.74) is 0.360. The van der Waals surface area contributed by atoms with Crippen LogP contribution in [0.25, 0.3) is 0 Å². The fourth-order valence-corrected chi connectivity index (χ4v) is 7.75. The van der Waals surface area contributed by atoms with Crippen LogP contribution < -0.4 is 10.6 Å². The van der Waals surface area contributed by atoms with Gasteiger partial charge in [0.15, 0.2) is 17.2 Å². The fourth-order valence-electron chi connectivity index (χ4n) is 7.21. The summed E-state index contributed by atoms with van der Waals surface area (Å²) in [5, 5.41) is 5.98. The van der Waals surface area contributed by atoms with Gasteiger partial charge in [-0.15, -0.1) is 12.3 Å². The minimum atomic E-state index is -1.52. The SMILES string of the molecule is C#CCCC(=O)O[C@](C)(CI)C(=O)[C@H](CC(C)C)NC(=O)[C@@H](CC(=O)[C@H](CC(C)C)NC(=O)[C@H](CCc1ccccc1)CC(=O)CN1CCOCC1)Cc1ccccc1. The van der Waals surface area contributed by atoms with E-state index in [4.69, 9.17) is 15.9 Å². The molecule has 12 heteroatoms. The minimum Gasteiger partial charge on any atom is -0.450 e. The molecule has 59 heavy (non-hydrogen) atoms. The highest BCUT2D eigenvalue weighted by Gasteiger charge is 2.42. The van der Waals surface area contributed by atoms with Crippen molar-refractivity contribution in [3.8, 4) is 12.3 Å². The summed E-state index contributed by atoms with van der Waals surface area (Å²) in [4.78, 5) is 85.1. The van der Waals surface area contributed by atoms with E-state index in [0.717, 1.165) is 11.1 Å². The monoisotopic (exact) mass is 925 g/mol. The Labute approximate surface area is 365 Å². The fraction of sp³-hybridized carbons (Fsp3) is 0.574. The van der Waals surface area contributed by atoms with Crippen LogP contribution in [0.5, 0.6) is 0 Å². The van der Waals surface area contributed by atoms with E-state index in [-0.39, 0.29) is 78.8 Å². The van der Waals surface area contributed by atoms with Crippen LogP contribution in [0.4, 0.5) is 0 Å². The first-order valence-corrected chi connectivity index (χ1v) is 22.4. The maximum absolute atomic E-state index is 14.4.